The molecule has 0 aliphatic rings. The van der Waals surface area contributed by atoms with Crippen molar-refractivity contribution in [1.82, 2.24) is 9.88 Å². The Balaban J connectivity index is 1.59. The molecule has 3 rings (SSSR count). The molecule has 28 heavy (non-hydrogen) atoms. The van der Waals surface area contributed by atoms with Gasteiger partial charge in [-0.15, -0.1) is 0 Å². The number of carbonyl (C=O) groups is 1. The molecule has 2 aromatic carbocycles. The predicted molar refractivity (Wildman–Crippen MR) is 118 cm³/mol. The number of nitrogens with zero attached hydrogens (tertiary/aromatic N) is 2. The minimum absolute atomic E-state index is 0.0156. The average molecular weight is 378 g/mol. The van der Waals surface area contributed by atoms with E-state index in [2.05, 4.69) is 78.0 Å². The first-order valence-corrected chi connectivity index (χ1v) is 10.3. The van der Waals surface area contributed by atoms with E-state index in [1.807, 2.05) is 12.1 Å². The largest absolute Gasteiger partial charge is 0.372 e. The van der Waals surface area contributed by atoms with E-state index < -0.39 is 0 Å². The van der Waals surface area contributed by atoms with Crippen LogP contribution < -0.4 is 10.2 Å². The van der Waals surface area contributed by atoms with Crippen molar-refractivity contribution in [3.8, 4) is 0 Å². The van der Waals surface area contributed by atoms with E-state index in [9.17, 15) is 4.79 Å². The molecule has 0 saturated heterocycles. The lowest BCUT2D eigenvalue weighted by atomic mass is 10.1. The number of hydrogen-bond donors (Lipinski definition) is 1. The van der Waals surface area contributed by atoms with E-state index >= 15 is 0 Å². The maximum atomic E-state index is 12.5. The highest BCUT2D eigenvalue weighted by Gasteiger charge is 2.09. The van der Waals surface area contributed by atoms with Gasteiger partial charge in [0.1, 0.15) is 0 Å². The van der Waals surface area contributed by atoms with Gasteiger partial charge in [0.2, 0.25) is 0 Å². The third kappa shape index (κ3) is 4.56. The quantitative estimate of drug-likeness (QED) is 0.569. The van der Waals surface area contributed by atoms with Crippen molar-refractivity contribution >= 4 is 22.5 Å². The molecule has 0 saturated carbocycles. The lowest BCUT2D eigenvalue weighted by Gasteiger charge is -2.23. The van der Waals surface area contributed by atoms with E-state index in [1.165, 1.54) is 22.3 Å². The van der Waals surface area contributed by atoms with Gasteiger partial charge in [0.25, 0.3) is 5.91 Å². The SMILES string of the molecule is CCCN(CCC)c1ccc(C(=O)NCCn2c(C)cc3ccccc32)cc1. The van der Waals surface area contributed by atoms with Gasteiger partial charge in [0.15, 0.2) is 0 Å². The fourth-order valence-electron chi connectivity index (χ4n) is 3.76. The lowest BCUT2D eigenvalue weighted by Crippen LogP contribution is -2.28. The Hall–Kier alpha value is -2.75. The van der Waals surface area contributed by atoms with Crippen LogP contribution in [0.5, 0.6) is 0 Å². The molecule has 0 aliphatic carbocycles. The van der Waals surface area contributed by atoms with Crippen molar-refractivity contribution in [2.75, 3.05) is 24.5 Å². The van der Waals surface area contributed by atoms with E-state index in [1.54, 1.807) is 0 Å². The molecule has 1 N–H and O–H groups in total. The number of anilines is 1. The van der Waals surface area contributed by atoms with Crippen LogP contribution in [0.25, 0.3) is 10.9 Å². The van der Waals surface area contributed by atoms with Gasteiger partial charge in [-0.2, -0.15) is 0 Å². The predicted octanol–water partition coefficient (Wildman–Crippen LogP) is 5.01. The van der Waals surface area contributed by atoms with Gasteiger partial charge in [0.05, 0.1) is 0 Å². The molecular weight excluding hydrogens is 346 g/mol. The monoisotopic (exact) mass is 377 g/mol. The van der Waals surface area contributed by atoms with Crippen LogP contribution in [0.1, 0.15) is 42.7 Å². The van der Waals surface area contributed by atoms with Crippen molar-refractivity contribution in [3.05, 3.63) is 65.9 Å². The summed E-state index contributed by atoms with van der Waals surface area (Å²) in [5.41, 5.74) is 4.33. The molecule has 4 nitrogen and oxygen atoms in total. The molecule has 0 radical (unpaired) electrons. The first kappa shape index (κ1) is 20.0. The number of nitrogens with one attached hydrogen (secondary N) is 1. The zero-order valence-corrected chi connectivity index (χ0v) is 17.2. The minimum atomic E-state index is -0.0156. The summed E-state index contributed by atoms with van der Waals surface area (Å²) in [7, 11) is 0. The van der Waals surface area contributed by atoms with E-state index in [0.29, 0.717) is 12.1 Å². The van der Waals surface area contributed by atoms with Crippen molar-refractivity contribution in [1.29, 1.82) is 0 Å². The summed E-state index contributed by atoms with van der Waals surface area (Å²) in [5.74, 6) is -0.0156. The number of amides is 1. The Morgan fingerprint density at radius 3 is 2.36 bits per heavy atom. The number of para-hydroxylation sites is 1. The second kappa shape index (κ2) is 9.45. The highest BCUT2D eigenvalue weighted by Crippen LogP contribution is 2.19. The van der Waals surface area contributed by atoms with Crippen LogP contribution in [0.2, 0.25) is 0 Å². The second-order valence-corrected chi connectivity index (χ2v) is 7.29. The Kier molecular flexibility index (Phi) is 6.75. The molecule has 1 aromatic heterocycles. The van der Waals surface area contributed by atoms with E-state index in [4.69, 9.17) is 0 Å². The number of aromatic nitrogens is 1. The van der Waals surface area contributed by atoms with Gasteiger partial charge >= 0.3 is 0 Å². The second-order valence-electron chi connectivity index (χ2n) is 7.29. The van der Waals surface area contributed by atoms with Gasteiger partial charge in [-0.3, -0.25) is 4.79 Å². The fourth-order valence-corrected chi connectivity index (χ4v) is 3.76. The van der Waals surface area contributed by atoms with Crippen LogP contribution in [0, 0.1) is 6.92 Å². The normalized spacial score (nSPS) is 11.0. The van der Waals surface area contributed by atoms with Crippen LogP contribution in [-0.2, 0) is 6.54 Å². The highest BCUT2D eigenvalue weighted by atomic mass is 16.1. The highest BCUT2D eigenvalue weighted by molar-refractivity contribution is 5.94. The molecule has 1 heterocycles. The summed E-state index contributed by atoms with van der Waals surface area (Å²) >= 11 is 0. The summed E-state index contributed by atoms with van der Waals surface area (Å²) < 4.78 is 2.26. The first-order valence-electron chi connectivity index (χ1n) is 10.3. The van der Waals surface area contributed by atoms with E-state index in [-0.39, 0.29) is 5.91 Å². The third-order valence-electron chi connectivity index (χ3n) is 5.12. The zero-order chi connectivity index (χ0) is 19.9. The van der Waals surface area contributed by atoms with Crippen molar-refractivity contribution < 1.29 is 4.79 Å². The lowest BCUT2D eigenvalue weighted by molar-refractivity contribution is 0.0952. The number of carbonyl (C=O) groups excluding carboxylic acids is 1. The maximum Gasteiger partial charge on any atom is 0.251 e. The Morgan fingerprint density at radius 1 is 1.00 bits per heavy atom. The van der Waals surface area contributed by atoms with Gasteiger partial charge in [-0.05, 0) is 61.5 Å². The van der Waals surface area contributed by atoms with Crippen molar-refractivity contribution in [2.45, 2.75) is 40.2 Å². The minimum Gasteiger partial charge on any atom is -0.372 e. The van der Waals surface area contributed by atoms with Gasteiger partial charge in [-0.25, -0.2) is 0 Å². The summed E-state index contributed by atoms with van der Waals surface area (Å²) in [6.45, 7) is 9.97. The third-order valence-corrected chi connectivity index (χ3v) is 5.12. The molecule has 0 aliphatic heterocycles. The molecule has 0 atom stereocenters. The molecule has 4 heteroatoms. The zero-order valence-electron chi connectivity index (χ0n) is 17.2. The molecule has 0 spiro atoms. The summed E-state index contributed by atoms with van der Waals surface area (Å²) in [6, 6.07) is 18.5. The van der Waals surface area contributed by atoms with Crippen molar-refractivity contribution in [2.24, 2.45) is 0 Å². The first-order chi connectivity index (χ1) is 13.6. The van der Waals surface area contributed by atoms with E-state index in [0.717, 1.165) is 32.5 Å². The van der Waals surface area contributed by atoms with Crippen LogP contribution >= 0.6 is 0 Å². The number of fused-ring (bicyclic) bond motifs is 1. The Bertz CT molecular complexity index is 905. The number of aryl methyl sites for hydroxylation is 1. The molecule has 3 aromatic rings. The maximum absolute atomic E-state index is 12.5. The molecular formula is C24H31N3O. The molecule has 1 amide bonds. The van der Waals surface area contributed by atoms with Crippen molar-refractivity contribution in [3.63, 3.8) is 0 Å². The number of benzene rings is 2. The van der Waals surface area contributed by atoms with Crippen LogP contribution in [0.3, 0.4) is 0 Å². The van der Waals surface area contributed by atoms with Crippen LogP contribution in [-0.4, -0.2) is 30.1 Å². The van der Waals surface area contributed by atoms with Crippen LogP contribution in [0.15, 0.2) is 54.6 Å². The standard InChI is InChI=1S/C24H31N3O/c1-4-15-26(16-5-2)22-12-10-20(11-13-22)24(28)25-14-17-27-19(3)18-21-8-6-7-9-23(21)27/h6-13,18H,4-5,14-17H2,1-3H3,(H,25,28). The number of rotatable bonds is 9. The Labute approximate surface area is 168 Å². The molecule has 0 bridgehead atoms. The van der Waals surface area contributed by atoms with Gasteiger partial charge in [0, 0.05) is 48.6 Å². The molecule has 0 fully saturated rings. The fraction of sp³-hybridized carbons (Fsp3) is 0.375. The summed E-state index contributed by atoms with van der Waals surface area (Å²) in [5, 5.41) is 4.30. The van der Waals surface area contributed by atoms with Crippen LogP contribution in [0.4, 0.5) is 5.69 Å². The Morgan fingerprint density at radius 2 is 1.68 bits per heavy atom. The molecule has 148 valence electrons. The van der Waals surface area contributed by atoms with Gasteiger partial charge < -0.3 is 14.8 Å². The smallest absolute Gasteiger partial charge is 0.251 e. The molecule has 0 unspecified atom stereocenters. The average Bonchev–Trinajstić information content (AvgIpc) is 3.03. The summed E-state index contributed by atoms with van der Waals surface area (Å²) in [6.07, 6.45) is 2.24. The topological polar surface area (TPSA) is 37.3 Å². The summed E-state index contributed by atoms with van der Waals surface area (Å²) in [4.78, 5) is 14.9. The van der Waals surface area contributed by atoms with Gasteiger partial charge in [-0.1, -0.05) is 32.0 Å². The number of hydrogen-bond acceptors (Lipinski definition) is 2.